The fourth-order valence-corrected chi connectivity index (χ4v) is 1.94. The van der Waals surface area contributed by atoms with Crippen LogP contribution in [0.25, 0.3) is 0 Å². The van der Waals surface area contributed by atoms with Crippen LogP contribution in [0.15, 0.2) is 22.6 Å². The molecule has 0 aliphatic rings. The number of thiazole rings is 1. The number of aromatic nitrogens is 3. The fraction of sp³-hybridized carbons (Fsp3) is 0.222. The third-order valence-corrected chi connectivity index (χ3v) is 2.90. The zero-order valence-corrected chi connectivity index (χ0v) is 8.99. The summed E-state index contributed by atoms with van der Waals surface area (Å²) in [5.74, 6) is 0.383. The second-order valence-corrected chi connectivity index (χ2v) is 3.98. The Kier molecular flexibility index (Phi) is 2.51. The molecule has 0 spiro atoms. The van der Waals surface area contributed by atoms with Gasteiger partial charge in [-0.25, -0.2) is 4.98 Å². The molecule has 0 fully saturated rings. The van der Waals surface area contributed by atoms with Gasteiger partial charge < -0.3 is 5.73 Å². The van der Waals surface area contributed by atoms with E-state index in [9.17, 15) is 4.79 Å². The molecule has 0 atom stereocenters. The molecule has 2 heterocycles. The molecule has 0 amide bonds. The molecule has 2 aromatic rings. The Morgan fingerprint density at radius 2 is 2.27 bits per heavy atom. The molecule has 15 heavy (non-hydrogen) atoms. The Hall–Kier alpha value is -1.69. The third-order valence-electron chi connectivity index (χ3n) is 2.02. The SMILES string of the molecule is Cc1csc(=O)n1Cc1cnc(N)cn1. The standard InChI is InChI=1S/C9H10N4OS/c1-6-5-15-9(14)13(6)4-7-2-12-8(10)3-11-7/h2-3,5H,4H2,1H3,(H2,10,12). The summed E-state index contributed by atoms with van der Waals surface area (Å²) >= 11 is 1.19. The predicted molar refractivity (Wildman–Crippen MR) is 58.9 cm³/mol. The first kappa shape index (κ1) is 9.85. The number of hydrogen-bond acceptors (Lipinski definition) is 5. The van der Waals surface area contributed by atoms with Crippen LogP contribution in [0.1, 0.15) is 11.4 Å². The minimum Gasteiger partial charge on any atom is -0.382 e. The van der Waals surface area contributed by atoms with E-state index < -0.39 is 0 Å². The second kappa shape index (κ2) is 3.82. The lowest BCUT2D eigenvalue weighted by atomic mass is 10.4. The van der Waals surface area contributed by atoms with Crippen molar-refractivity contribution < 1.29 is 0 Å². The molecule has 0 radical (unpaired) electrons. The summed E-state index contributed by atoms with van der Waals surface area (Å²) in [4.78, 5) is 19.5. The zero-order chi connectivity index (χ0) is 10.8. The molecule has 0 saturated carbocycles. The van der Waals surface area contributed by atoms with Crippen LogP contribution in [0.2, 0.25) is 0 Å². The summed E-state index contributed by atoms with van der Waals surface area (Å²) in [6.07, 6.45) is 3.07. The molecule has 6 heteroatoms. The number of nitrogens with two attached hydrogens (primary N) is 1. The summed E-state index contributed by atoms with van der Waals surface area (Å²) < 4.78 is 1.66. The van der Waals surface area contributed by atoms with E-state index in [0.717, 1.165) is 11.4 Å². The summed E-state index contributed by atoms with van der Waals surface area (Å²) in [5, 5.41) is 1.83. The van der Waals surface area contributed by atoms with Gasteiger partial charge in [0.15, 0.2) is 0 Å². The van der Waals surface area contributed by atoms with Gasteiger partial charge in [-0.15, -0.1) is 0 Å². The summed E-state index contributed by atoms with van der Waals surface area (Å²) in [7, 11) is 0. The zero-order valence-electron chi connectivity index (χ0n) is 8.17. The van der Waals surface area contributed by atoms with Crippen molar-refractivity contribution in [2.45, 2.75) is 13.5 Å². The van der Waals surface area contributed by atoms with Gasteiger partial charge in [0.25, 0.3) is 0 Å². The maximum Gasteiger partial charge on any atom is 0.307 e. The lowest BCUT2D eigenvalue weighted by Gasteiger charge is -2.03. The van der Waals surface area contributed by atoms with Crippen molar-refractivity contribution in [3.63, 3.8) is 0 Å². The first-order valence-electron chi connectivity index (χ1n) is 4.38. The molecule has 0 saturated heterocycles. The number of hydrogen-bond donors (Lipinski definition) is 1. The van der Waals surface area contributed by atoms with E-state index in [0.29, 0.717) is 12.4 Å². The van der Waals surface area contributed by atoms with Crippen molar-refractivity contribution in [2.75, 3.05) is 5.73 Å². The average molecular weight is 222 g/mol. The van der Waals surface area contributed by atoms with Gasteiger partial charge in [0, 0.05) is 11.1 Å². The van der Waals surface area contributed by atoms with Crippen LogP contribution in [0.5, 0.6) is 0 Å². The number of rotatable bonds is 2. The minimum absolute atomic E-state index is 0.0196. The first-order valence-corrected chi connectivity index (χ1v) is 5.26. The second-order valence-electron chi connectivity index (χ2n) is 3.16. The van der Waals surface area contributed by atoms with Crippen LogP contribution in [0.3, 0.4) is 0 Å². The fourth-order valence-electron chi connectivity index (χ4n) is 1.20. The molecule has 0 unspecified atom stereocenters. The van der Waals surface area contributed by atoms with E-state index in [-0.39, 0.29) is 4.87 Å². The normalized spacial score (nSPS) is 10.5. The number of nitrogen functional groups attached to an aromatic ring is 1. The molecular weight excluding hydrogens is 212 g/mol. The molecule has 0 aliphatic carbocycles. The summed E-state index contributed by atoms with van der Waals surface area (Å²) in [6, 6.07) is 0. The van der Waals surface area contributed by atoms with Crippen LogP contribution >= 0.6 is 11.3 Å². The van der Waals surface area contributed by atoms with Crippen LogP contribution in [0, 0.1) is 6.92 Å². The van der Waals surface area contributed by atoms with Crippen molar-refractivity contribution in [3.8, 4) is 0 Å². The highest BCUT2D eigenvalue weighted by atomic mass is 32.1. The van der Waals surface area contributed by atoms with E-state index in [1.165, 1.54) is 17.5 Å². The number of anilines is 1. The molecule has 78 valence electrons. The maximum absolute atomic E-state index is 11.4. The van der Waals surface area contributed by atoms with Crippen molar-refractivity contribution >= 4 is 17.2 Å². The van der Waals surface area contributed by atoms with Crippen LogP contribution in [0.4, 0.5) is 5.82 Å². The van der Waals surface area contributed by atoms with Crippen molar-refractivity contribution in [3.05, 3.63) is 38.8 Å². The lowest BCUT2D eigenvalue weighted by molar-refractivity contribution is 0.731. The Labute approximate surface area is 90.2 Å². The number of nitrogens with zero attached hydrogens (tertiary/aromatic N) is 3. The van der Waals surface area contributed by atoms with Gasteiger partial charge in [0.05, 0.1) is 24.6 Å². The van der Waals surface area contributed by atoms with Gasteiger partial charge in [-0.3, -0.25) is 14.3 Å². The maximum atomic E-state index is 11.4. The molecule has 2 aromatic heterocycles. The van der Waals surface area contributed by atoms with E-state index in [1.54, 1.807) is 10.8 Å². The van der Waals surface area contributed by atoms with Gasteiger partial charge in [-0.1, -0.05) is 11.3 Å². The predicted octanol–water partition coefficient (Wildman–Crippen LogP) is 0.639. The molecule has 0 aliphatic heterocycles. The van der Waals surface area contributed by atoms with Gasteiger partial charge in [0.2, 0.25) is 0 Å². The summed E-state index contributed by atoms with van der Waals surface area (Å²) in [6.45, 7) is 2.34. The lowest BCUT2D eigenvalue weighted by Crippen LogP contribution is -2.16. The van der Waals surface area contributed by atoms with Crippen LogP contribution in [-0.2, 0) is 6.54 Å². The monoisotopic (exact) mass is 222 g/mol. The highest BCUT2D eigenvalue weighted by Crippen LogP contribution is 2.03. The van der Waals surface area contributed by atoms with Crippen LogP contribution in [-0.4, -0.2) is 14.5 Å². The van der Waals surface area contributed by atoms with Crippen molar-refractivity contribution in [2.24, 2.45) is 0 Å². The average Bonchev–Trinajstić information content (AvgIpc) is 2.53. The number of aryl methyl sites for hydroxylation is 1. The van der Waals surface area contributed by atoms with Gasteiger partial charge in [0.1, 0.15) is 5.82 Å². The Balaban J connectivity index is 2.29. The topological polar surface area (TPSA) is 73.8 Å². The van der Waals surface area contributed by atoms with Gasteiger partial charge in [-0.05, 0) is 6.92 Å². The Bertz CT molecular complexity index is 514. The van der Waals surface area contributed by atoms with E-state index >= 15 is 0 Å². The highest BCUT2D eigenvalue weighted by molar-refractivity contribution is 7.07. The quantitative estimate of drug-likeness (QED) is 0.809. The van der Waals surface area contributed by atoms with Crippen molar-refractivity contribution in [1.29, 1.82) is 0 Å². The first-order chi connectivity index (χ1) is 7.16. The Morgan fingerprint density at radius 3 is 2.80 bits per heavy atom. The van der Waals surface area contributed by atoms with Crippen LogP contribution < -0.4 is 10.6 Å². The van der Waals surface area contributed by atoms with E-state index in [1.807, 2.05) is 12.3 Å². The van der Waals surface area contributed by atoms with E-state index in [2.05, 4.69) is 9.97 Å². The Morgan fingerprint density at radius 1 is 1.47 bits per heavy atom. The molecule has 0 bridgehead atoms. The third kappa shape index (κ3) is 2.04. The molecule has 5 nitrogen and oxygen atoms in total. The molecule has 0 aromatic carbocycles. The molecule has 2 rings (SSSR count). The highest BCUT2D eigenvalue weighted by Gasteiger charge is 2.04. The molecule has 2 N–H and O–H groups in total. The van der Waals surface area contributed by atoms with Gasteiger partial charge in [-0.2, -0.15) is 0 Å². The largest absolute Gasteiger partial charge is 0.382 e. The van der Waals surface area contributed by atoms with Gasteiger partial charge >= 0.3 is 4.87 Å². The molecular formula is C9H10N4OS. The minimum atomic E-state index is 0.0196. The van der Waals surface area contributed by atoms with Crippen molar-refractivity contribution in [1.82, 2.24) is 14.5 Å². The summed E-state index contributed by atoms with van der Waals surface area (Å²) in [5.41, 5.74) is 7.08. The van der Waals surface area contributed by atoms with E-state index in [4.69, 9.17) is 5.73 Å². The smallest absolute Gasteiger partial charge is 0.307 e.